The van der Waals surface area contributed by atoms with Crippen molar-refractivity contribution >= 4 is 23.5 Å². The quantitative estimate of drug-likeness (QED) is 0.536. The van der Waals surface area contributed by atoms with Crippen molar-refractivity contribution in [3.8, 4) is 11.4 Å². The Morgan fingerprint density at radius 3 is 2.59 bits per heavy atom. The number of nitrogens with zero attached hydrogens (tertiary/aromatic N) is 2. The molecule has 7 nitrogen and oxygen atoms in total. The molecule has 0 saturated heterocycles. The fourth-order valence-electron chi connectivity index (χ4n) is 3.33. The smallest absolute Gasteiger partial charge is 0.307 e. The zero-order valence-electron chi connectivity index (χ0n) is 16.5. The molecule has 1 aliphatic carbocycles. The largest absolute Gasteiger partial charge is 0.453 e. The van der Waals surface area contributed by atoms with Crippen LogP contribution in [-0.2, 0) is 20.7 Å². The number of aryl methyl sites for hydroxylation is 1. The van der Waals surface area contributed by atoms with Crippen LogP contribution in [0.1, 0.15) is 57.8 Å². The van der Waals surface area contributed by atoms with Crippen LogP contribution >= 0.6 is 11.6 Å². The highest BCUT2D eigenvalue weighted by atomic mass is 35.5. The molecule has 0 spiro atoms. The van der Waals surface area contributed by atoms with Crippen LogP contribution in [0.3, 0.4) is 0 Å². The van der Waals surface area contributed by atoms with Gasteiger partial charge >= 0.3 is 5.97 Å². The summed E-state index contributed by atoms with van der Waals surface area (Å²) in [6.45, 7) is 1.59. The SMILES string of the molecule is C[C@H](OC(=O)CCc1nc(-c2ccc(Cl)cc2)no1)C(=O)NC1CCCCCC1. The number of ether oxygens (including phenoxy) is 1. The summed E-state index contributed by atoms with van der Waals surface area (Å²) in [5, 5.41) is 7.53. The van der Waals surface area contributed by atoms with Crippen molar-refractivity contribution in [1.29, 1.82) is 0 Å². The Bertz CT molecular complexity index is 814. The molecule has 156 valence electrons. The Kier molecular flexibility index (Phi) is 7.63. The van der Waals surface area contributed by atoms with Crippen LogP contribution in [0.2, 0.25) is 5.02 Å². The molecule has 1 N–H and O–H groups in total. The summed E-state index contributed by atoms with van der Waals surface area (Å²) < 4.78 is 10.4. The van der Waals surface area contributed by atoms with E-state index >= 15 is 0 Å². The lowest BCUT2D eigenvalue weighted by Gasteiger charge is -2.19. The minimum absolute atomic E-state index is 0.0588. The highest BCUT2D eigenvalue weighted by molar-refractivity contribution is 6.30. The molecule has 0 bridgehead atoms. The molecule has 2 aromatic rings. The topological polar surface area (TPSA) is 94.3 Å². The molecule has 0 unspecified atom stereocenters. The van der Waals surface area contributed by atoms with Crippen LogP contribution in [0.4, 0.5) is 0 Å². The van der Waals surface area contributed by atoms with Gasteiger partial charge in [-0.3, -0.25) is 9.59 Å². The number of hydrogen-bond acceptors (Lipinski definition) is 6. The second-order valence-electron chi connectivity index (χ2n) is 7.35. The van der Waals surface area contributed by atoms with E-state index in [4.69, 9.17) is 20.9 Å². The van der Waals surface area contributed by atoms with E-state index in [1.165, 1.54) is 12.8 Å². The van der Waals surface area contributed by atoms with Crippen LogP contribution in [-0.4, -0.2) is 34.2 Å². The van der Waals surface area contributed by atoms with E-state index in [9.17, 15) is 9.59 Å². The number of carbonyl (C=O) groups excluding carboxylic acids is 2. The number of amides is 1. The van der Waals surface area contributed by atoms with Gasteiger partial charge in [0, 0.05) is 23.0 Å². The van der Waals surface area contributed by atoms with E-state index < -0.39 is 12.1 Å². The number of esters is 1. The maximum Gasteiger partial charge on any atom is 0.307 e. The van der Waals surface area contributed by atoms with Gasteiger partial charge in [-0.05, 0) is 44.0 Å². The van der Waals surface area contributed by atoms with E-state index in [1.54, 1.807) is 31.2 Å². The second kappa shape index (κ2) is 10.4. The van der Waals surface area contributed by atoms with Crippen LogP contribution in [0, 0.1) is 0 Å². The number of rotatable bonds is 7. The van der Waals surface area contributed by atoms with E-state index in [-0.39, 0.29) is 24.8 Å². The molecule has 1 saturated carbocycles. The molecule has 3 rings (SSSR count). The first-order chi connectivity index (χ1) is 14.0. The van der Waals surface area contributed by atoms with Crippen molar-refractivity contribution < 1.29 is 18.8 Å². The van der Waals surface area contributed by atoms with Crippen LogP contribution in [0.5, 0.6) is 0 Å². The molecular weight excluding hydrogens is 394 g/mol. The van der Waals surface area contributed by atoms with E-state index in [2.05, 4.69) is 15.5 Å². The van der Waals surface area contributed by atoms with Crippen molar-refractivity contribution in [1.82, 2.24) is 15.5 Å². The van der Waals surface area contributed by atoms with Gasteiger partial charge in [0.15, 0.2) is 6.10 Å². The first kappa shape index (κ1) is 21.3. The van der Waals surface area contributed by atoms with Crippen molar-refractivity contribution in [3.63, 3.8) is 0 Å². The summed E-state index contributed by atoms with van der Waals surface area (Å²) in [6, 6.07) is 7.24. The number of benzene rings is 1. The first-order valence-electron chi connectivity index (χ1n) is 10.1. The molecule has 0 radical (unpaired) electrons. The molecule has 1 aromatic heterocycles. The lowest BCUT2D eigenvalue weighted by Crippen LogP contribution is -2.41. The van der Waals surface area contributed by atoms with Gasteiger partial charge in [-0.1, -0.05) is 42.4 Å². The molecule has 8 heteroatoms. The predicted octanol–water partition coefficient (Wildman–Crippen LogP) is 4.09. The fraction of sp³-hybridized carbons (Fsp3) is 0.524. The lowest BCUT2D eigenvalue weighted by molar-refractivity contribution is -0.155. The molecule has 1 amide bonds. The van der Waals surface area contributed by atoms with Crippen molar-refractivity contribution in [2.75, 3.05) is 0 Å². The van der Waals surface area contributed by atoms with Gasteiger partial charge in [-0.15, -0.1) is 0 Å². The molecule has 1 aliphatic rings. The summed E-state index contributed by atoms with van der Waals surface area (Å²) in [4.78, 5) is 28.6. The van der Waals surface area contributed by atoms with Crippen LogP contribution < -0.4 is 5.32 Å². The molecular formula is C21H26ClN3O4. The third-order valence-electron chi connectivity index (χ3n) is 4.99. The van der Waals surface area contributed by atoms with Crippen LogP contribution in [0.15, 0.2) is 28.8 Å². The standard InChI is InChI=1S/C21H26ClN3O4/c1-14(21(27)23-17-6-4-2-3-5-7-17)28-19(26)13-12-18-24-20(25-29-18)15-8-10-16(22)11-9-15/h8-11,14,17H,2-7,12-13H2,1H3,(H,23,27)/t14-/m0/s1. The zero-order valence-corrected chi connectivity index (χ0v) is 17.3. The maximum absolute atomic E-state index is 12.3. The number of aromatic nitrogens is 2. The van der Waals surface area contributed by atoms with Gasteiger partial charge in [-0.25, -0.2) is 0 Å². The average Bonchev–Trinajstić information content (AvgIpc) is 3.03. The van der Waals surface area contributed by atoms with Crippen molar-refractivity contribution in [2.45, 2.75) is 70.4 Å². The fourth-order valence-corrected chi connectivity index (χ4v) is 3.46. The number of carbonyl (C=O) groups is 2. The molecule has 1 heterocycles. The van der Waals surface area contributed by atoms with Gasteiger partial charge in [-0.2, -0.15) is 4.98 Å². The number of nitrogens with one attached hydrogen (secondary N) is 1. The molecule has 0 aliphatic heterocycles. The third-order valence-corrected chi connectivity index (χ3v) is 5.24. The van der Waals surface area contributed by atoms with Gasteiger partial charge < -0.3 is 14.6 Å². The molecule has 1 atom stereocenters. The summed E-state index contributed by atoms with van der Waals surface area (Å²) in [5.74, 6) is 0.0523. The van der Waals surface area contributed by atoms with Crippen molar-refractivity contribution in [2.24, 2.45) is 0 Å². The van der Waals surface area contributed by atoms with E-state index in [1.807, 2.05) is 0 Å². The minimum Gasteiger partial charge on any atom is -0.453 e. The van der Waals surface area contributed by atoms with E-state index in [0.717, 1.165) is 31.2 Å². The minimum atomic E-state index is -0.821. The Hall–Kier alpha value is -2.41. The van der Waals surface area contributed by atoms with E-state index in [0.29, 0.717) is 16.7 Å². The maximum atomic E-state index is 12.3. The van der Waals surface area contributed by atoms with Crippen molar-refractivity contribution in [3.05, 3.63) is 35.2 Å². The highest BCUT2D eigenvalue weighted by Gasteiger charge is 2.22. The summed E-state index contributed by atoms with van der Waals surface area (Å²) in [6.07, 6.45) is 6.14. The normalized spacial score (nSPS) is 16.1. The Balaban J connectivity index is 1.43. The highest BCUT2D eigenvalue weighted by Crippen LogP contribution is 2.19. The summed E-state index contributed by atoms with van der Waals surface area (Å²) in [5.41, 5.74) is 0.774. The van der Waals surface area contributed by atoms with Gasteiger partial charge in [0.05, 0.1) is 6.42 Å². The summed E-state index contributed by atoms with van der Waals surface area (Å²) >= 11 is 5.87. The Morgan fingerprint density at radius 2 is 1.90 bits per heavy atom. The third kappa shape index (κ3) is 6.56. The van der Waals surface area contributed by atoms with Crippen LogP contribution in [0.25, 0.3) is 11.4 Å². The predicted molar refractivity (Wildman–Crippen MR) is 108 cm³/mol. The lowest BCUT2D eigenvalue weighted by atomic mass is 10.1. The Morgan fingerprint density at radius 1 is 1.21 bits per heavy atom. The molecule has 29 heavy (non-hydrogen) atoms. The Labute approximate surface area is 175 Å². The average molecular weight is 420 g/mol. The first-order valence-corrected chi connectivity index (χ1v) is 10.5. The number of hydrogen-bond donors (Lipinski definition) is 1. The summed E-state index contributed by atoms with van der Waals surface area (Å²) in [7, 11) is 0. The van der Waals surface area contributed by atoms with Gasteiger partial charge in [0.1, 0.15) is 0 Å². The van der Waals surface area contributed by atoms with Gasteiger partial charge in [0.2, 0.25) is 11.7 Å². The molecule has 1 aromatic carbocycles. The monoisotopic (exact) mass is 419 g/mol. The number of halogens is 1. The second-order valence-corrected chi connectivity index (χ2v) is 7.78. The molecule has 1 fully saturated rings. The zero-order chi connectivity index (χ0) is 20.6. The van der Waals surface area contributed by atoms with Gasteiger partial charge in [0.25, 0.3) is 5.91 Å².